The number of hydrogen-bond acceptors (Lipinski definition) is 5. The number of carbonyl (C=O) groups excluding carboxylic acids is 1. The van der Waals surface area contributed by atoms with Crippen LogP contribution in [0.4, 0.5) is 0 Å². The first-order valence-electron chi connectivity index (χ1n) is 7.54. The van der Waals surface area contributed by atoms with Crippen LogP contribution in [0.1, 0.15) is 43.0 Å². The molecule has 1 heterocycles. The fourth-order valence-electron chi connectivity index (χ4n) is 2.77. The van der Waals surface area contributed by atoms with Crippen LogP contribution in [0.2, 0.25) is 0 Å². The molecule has 0 spiro atoms. The molecule has 1 saturated carbocycles. The van der Waals surface area contributed by atoms with Gasteiger partial charge in [0.1, 0.15) is 17.0 Å². The fraction of sp³-hybridized carbons (Fsp3) is 0.500. The molecule has 1 atom stereocenters. The topological polar surface area (TPSA) is 65.2 Å². The van der Waals surface area contributed by atoms with Crippen molar-refractivity contribution in [1.82, 2.24) is 4.98 Å². The van der Waals surface area contributed by atoms with Gasteiger partial charge in [0.25, 0.3) is 0 Å². The Balaban J connectivity index is 1.75. The number of para-hydroxylation sites is 1. The number of esters is 1. The van der Waals surface area contributed by atoms with Crippen molar-refractivity contribution in [2.75, 3.05) is 6.54 Å². The predicted molar refractivity (Wildman–Crippen MR) is 84.4 cm³/mol. The van der Waals surface area contributed by atoms with Gasteiger partial charge in [-0.3, -0.25) is 4.79 Å². The van der Waals surface area contributed by atoms with Gasteiger partial charge in [0.2, 0.25) is 0 Å². The standard InChI is InChI=1S/C16H20N2O2S/c17-10-12(16(19)20-11-6-2-1-3-7-11)15-18-13-8-4-5-9-14(13)21-15/h4-5,8-9,11-12H,1-3,6-7,10,17H2. The summed E-state index contributed by atoms with van der Waals surface area (Å²) in [5.41, 5.74) is 6.72. The van der Waals surface area contributed by atoms with E-state index in [4.69, 9.17) is 10.5 Å². The second kappa shape index (κ2) is 6.54. The number of ether oxygens (including phenoxy) is 1. The van der Waals surface area contributed by atoms with E-state index in [9.17, 15) is 4.79 Å². The summed E-state index contributed by atoms with van der Waals surface area (Å²) in [6.07, 6.45) is 5.55. The van der Waals surface area contributed by atoms with Crippen LogP contribution in [0, 0.1) is 0 Å². The summed E-state index contributed by atoms with van der Waals surface area (Å²) < 4.78 is 6.72. The number of aromatic nitrogens is 1. The minimum Gasteiger partial charge on any atom is -0.462 e. The number of carbonyl (C=O) groups is 1. The van der Waals surface area contributed by atoms with Crippen molar-refractivity contribution in [3.63, 3.8) is 0 Å². The monoisotopic (exact) mass is 304 g/mol. The zero-order valence-electron chi connectivity index (χ0n) is 12.0. The van der Waals surface area contributed by atoms with Crippen molar-refractivity contribution in [3.8, 4) is 0 Å². The maximum absolute atomic E-state index is 12.4. The molecule has 0 radical (unpaired) electrons. The Bertz CT molecular complexity index is 587. The number of rotatable bonds is 4. The molecule has 0 saturated heterocycles. The largest absolute Gasteiger partial charge is 0.462 e. The Hall–Kier alpha value is -1.46. The number of benzene rings is 1. The van der Waals surface area contributed by atoms with Gasteiger partial charge in [0.15, 0.2) is 0 Å². The normalized spacial score (nSPS) is 17.8. The third-order valence-electron chi connectivity index (χ3n) is 3.96. The molecule has 2 N–H and O–H groups in total. The second-order valence-corrected chi connectivity index (χ2v) is 6.57. The lowest BCUT2D eigenvalue weighted by Crippen LogP contribution is -2.28. The molecule has 4 nitrogen and oxygen atoms in total. The van der Waals surface area contributed by atoms with Crippen molar-refractivity contribution in [1.29, 1.82) is 0 Å². The van der Waals surface area contributed by atoms with Crippen LogP contribution in [0.5, 0.6) is 0 Å². The van der Waals surface area contributed by atoms with Crippen LogP contribution in [0.25, 0.3) is 10.2 Å². The molecule has 1 unspecified atom stereocenters. The van der Waals surface area contributed by atoms with Gasteiger partial charge in [-0.1, -0.05) is 18.6 Å². The number of nitrogens with zero attached hydrogens (tertiary/aromatic N) is 1. The molecule has 1 aliphatic carbocycles. The van der Waals surface area contributed by atoms with E-state index in [-0.39, 0.29) is 18.6 Å². The molecule has 3 rings (SSSR count). The van der Waals surface area contributed by atoms with E-state index in [1.165, 1.54) is 17.8 Å². The third kappa shape index (κ3) is 3.24. The van der Waals surface area contributed by atoms with Crippen molar-refractivity contribution in [2.45, 2.75) is 44.1 Å². The molecular formula is C16H20N2O2S. The number of thiazole rings is 1. The van der Waals surface area contributed by atoms with E-state index in [1.807, 2.05) is 24.3 Å². The maximum Gasteiger partial charge on any atom is 0.317 e. The predicted octanol–water partition coefficient (Wildman–Crippen LogP) is 3.21. The molecule has 21 heavy (non-hydrogen) atoms. The summed E-state index contributed by atoms with van der Waals surface area (Å²) in [7, 11) is 0. The number of hydrogen-bond donors (Lipinski definition) is 1. The molecular weight excluding hydrogens is 284 g/mol. The van der Waals surface area contributed by atoms with Gasteiger partial charge in [-0.2, -0.15) is 0 Å². The van der Waals surface area contributed by atoms with Crippen LogP contribution < -0.4 is 5.73 Å². The smallest absolute Gasteiger partial charge is 0.317 e. The summed E-state index contributed by atoms with van der Waals surface area (Å²) >= 11 is 1.53. The maximum atomic E-state index is 12.4. The molecule has 0 bridgehead atoms. The molecule has 1 aliphatic rings. The molecule has 5 heteroatoms. The lowest BCUT2D eigenvalue weighted by atomic mass is 9.97. The Morgan fingerprint density at radius 1 is 1.33 bits per heavy atom. The third-order valence-corrected chi connectivity index (χ3v) is 5.11. The first kappa shape index (κ1) is 14.5. The minimum absolute atomic E-state index is 0.0645. The number of fused-ring (bicyclic) bond motifs is 1. The summed E-state index contributed by atoms with van der Waals surface area (Å²) in [5, 5.41) is 0.763. The van der Waals surface area contributed by atoms with Gasteiger partial charge >= 0.3 is 5.97 Å². The molecule has 0 aliphatic heterocycles. The van der Waals surface area contributed by atoms with Crippen LogP contribution in [0.3, 0.4) is 0 Å². The fourth-order valence-corrected chi connectivity index (χ4v) is 3.84. The van der Waals surface area contributed by atoms with E-state index < -0.39 is 5.92 Å². The molecule has 0 amide bonds. The zero-order chi connectivity index (χ0) is 14.7. The van der Waals surface area contributed by atoms with Crippen molar-refractivity contribution in [3.05, 3.63) is 29.3 Å². The highest BCUT2D eigenvalue weighted by Crippen LogP contribution is 2.29. The first-order valence-corrected chi connectivity index (χ1v) is 8.35. The average molecular weight is 304 g/mol. The van der Waals surface area contributed by atoms with E-state index in [0.717, 1.165) is 40.9 Å². The van der Waals surface area contributed by atoms with Crippen LogP contribution >= 0.6 is 11.3 Å². The molecule has 1 aromatic carbocycles. The van der Waals surface area contributed by atoms with E-state index in [1.54, 1.807) is 0 Å². The van der Waals surface area contributed by atoms with Crippen LogP contribution in [0.15, 0.2) is 24.3 Å². The minimum atomic E-state index is -0.440. The Labute approximate surface area is 128 Å². The lowest BCUT2D eigenvalue weighted by molar-refractivity contribution is -0.152. The summed E-state index contributed by atoms with van der Waals surface area (Å²) in [5.74, 6) is -0.659. The lowest BCUT2D eigenvalue weighted by Gasteiger charge is -2.23. The van der Waals surface area contributed by atoms with Gasteiger partial charge in [0.05, 0.1) is 10.2 Å². The van der Waals surface area contributed by atoms with Gasteiger partial charge in [-0.05, 0) is 37.8 Å². The van der Waals surface area contributed by atoms with Crippen molar-refractivity contribution >= 4 is 27.5 Å². The van der Waals surface area contributed by atoms with E-state index >= 15 is 0 Å². The van der Waals surface area contributed by atoms with Gasteiger partial charge in [0, 0.05) is 6.54 Å². The van der Waals surface area contributed by atoms with E-state index in [2.05, 4.69) is 4.98 Å². The molecule has 2 aromatic rings. The Kier molecular flexibility index (Phi) is 4.51. The van der Waals surface area contributed by atoms with Gasteiger partial charge < -0.3 is 10.5 Å². The second-order valence-electron chi connectivity index (χ2n) is 5.51. The number of nitrogens with two attached hydrogens (primary N) is 1. The van der Waals surface area contributed by atoms with Gasteiger partial charge in [-0.25, -0.2) is 4.98 Å². The Morgan fingerprint density at radius 2 is 2.10 bits per heavy atom. The van der Waals surface area contributed by atoms with Crippen molar-refractivity contribution < 1.29 is 9.53 Å². The highest BCUT2D eigenvalue weighted by Gasteiger charge is 2.27. The van der Waals surface area contributed by atoms with Crippen LogP contribution in [-0.2, 0) is 9.53 Å². The first-order chi connectivity index (χ1) is 10.3. The van der Waals surface area contributed by atoms with Gasteiger partial charge in [-0.15, -0.1) is 11.3 Å². The van der Waals surface area contributed by atoms with Crippen LogP contribution in [-0.4, -0.2) is 23.6 Å². The Morgan fingerprint density at radius 3 is 2.81 bits per heavy atom. The SMILES string of the molecule is NCC(C(=O)OC1CCCCC1)c1nc2ccccc2s1. The summed E-state index contributed by atoms with van der Waals surface area (Å²) in [4.78, 5) is 16.9. The summed E-state index contributed by atoms with van der Waals surface area (Å²) in [6.45, 7) is 0.241. The highest BCUT2D eigenvalue weighted by molar-refractivity contribution is 7.18. The van der Waals surface area contributed by atoms with E-state index in [0.29, 0.717) is 0 Å². The zero-order valence-corrected chi connectivity index (χ0v) is 12.8. The highest BCUT2D eigenvalue weighted by atomic mass is 32.1. The average Bonchev–Trinajstić information content (AvgIpc) is 2.92. The molecule has 1 aromatic heterocycles. The summed E-state index contributed by atoms with van der Waals surface area (Å²) in [6, 6.07) is 7.89. The quantitative estimate of drug-likeness (QED) is 0.881. The molecule has 1 fully saturated rings. The molecule has 112 valence electrons. The van der Waals surface area contributed by atoms with Crippen molar-refractivity contribution in [2.24, 2.45) is 5.73 Å².